The van der Waals surface area contributed by atoms with E-state index in [-0.39, 0.29) is 29.7 Å². The summed E-state index contributed by atoms with van der Waals surface area (Å²) < 4.78 is 11.7. The summed E-state index contributed by atoms with van der Waals surface area (Å²) in [4.78, 5) is 43.3. The summed E-state index contributed by atoms with van der Waals surface area (Å²) in [5.74, 6) is 0.630. The first kappa shape index (κ1) is 22.4. The summed E-state index contributed by atoms with van der Waals surface area (Å²) in [5.41, 5.74) is 2.90. The molecule has 0 fully saturated rings. The van der Waals surface area contributed by atoms with Crippen molar-refractivity contribution < 1.29 is 23.9 Å². The van der Waals surface area contributed by atoms with Crippen LogP contribution in [-0.2, 0) is 11.2 Å². The zero-order valence-electron chi connectivity index (χ0n) is 19.9. The van der Waals surface area contributed by atoms with E-state index >= 15 is 0 Å². The molecule has 0 bridgehead atoms. The molecule has 0 saturated heterocycles. The lowest BCUT2D eigenvalue weighted by molar-refractivity contribution is -0.138. The molecule has 3 amide bonds. The van der Waals surface area contributed by atoms with Crippen molar-refractivity contribution in [2.75, 3.05) is 19.8 Å². The minimum absolute atomic E-state index is 0.131. The Kier molecular flexibility index (Phi) is 5.80. The molecule has 178 valence electrons. The van der Waals surface area contributed by atoms with Crippen molar-refractivity contribution >= 4 is 17.7 Å². The third kappa shape index (κ3) is 3.73. The second kappa shape index (κ2) is 8.78. The van der Waals surface area contributed by atoms with Gasteiger partial charge in [-0.3, -0.25) is 19.3 Å². The Morgan fingerprint density at radius 2 is 1.65 bits per heavy atom. The summed E-state index contributed by atoms with van der Waals surface area (Å²) in [6.45, 7) is 7.74. The van der Waals surface area contributed by atoms with Gasteiger partial charge >= 0.3 is 0 Å². The Balaban J connectivity index is 1.46. The SMILES string of the molecule is CC(C)C[C@H](C(=O)N1CCc2cc3c(cc2C1C)OCCCO3)N1C(=O)c2ccccc2C1=O. The van der Waals surface area contributed by atoms with Crippen LogP contribution in [0.25, 0.3) is 0 Å². The maximum Gasteiger partial charge on any atom is 0.262 e. The molecular formula is C27H30N2O5. The second-order valence-electron chi connectivity index (χ2n) is 9.68. The number of rotatable bonds is 4. The van der Waals surface area contributed by atoms with E-state index in [1.807, 2.05) is 37.8 Å². The van der Waals surface area contributed by atoms with E-state index in [9.17, 15) is 14.4 Å². The molecule has 1 unspecified atom stereocenters. The highest BCUT2D eigenvalue weighted by molar-refractivity contribution is 6.22. The lowest BCUT2D eigenvalue weighted by Gasteiger charge is -2.39. The minimum atomic E-state index is -0.836. The summed E-state index contributed by atoms with van der Waals surface area (Å²) >= 11 is 0. The normalized spacial score (nSPS) is 20.2. The van der Waals surface area contributed by atoms with Gasteiger partial charge < -0.3 is 14.4 Å². The third-order valence-electron chi connectivity index (χ3n) is 6.95. The van der Waals surface area contributed by atoms with Crippen molar-refractivity contribution in [1.29, 1.82) is 0 Å². The quantitative estimate of drug-likeness (QED) is 0.642. The molecular weight excluding hydrogens is 432 g/mol. The molecule has 7 nitrogen and oxygen atoms in total. The van der Waals surface area contributed by atoms with Crippen LogP contribution in [0.4, 0.5) is 0 Å². The molecule has 34 heavy (non-hydrogen) atoms. The van der Waals surface area contributed by atoms with Gasteiger partial charge in [-0.25, -0.2) is 0 Å². The molecule has 3 aliphatic rings. The van der Waals surface area contributed by atoms with Gasteiger partial charge in [-0.15, -0.1) is 0 Å². The topological polar surface area (TPSA) is 76.2 Å². The van der Waals surface area contributed by atoms with E-state index in [4.69, 9.17) is 9.47 Å². The predicted octanol–water partition coefficient (Wildman–Crippen LogP) is 4.00. The number of hydrogen-bond acceptors (Lipinski definition) is 5. The summed E-state index contributed by atoms with van der Waals surface area (Å²) in [5, 5.41) is 0. The highest BCUT2D eigenvalue weighted by Gasteiger charge is 2.45. The average Bonchev–Trinajstić information content (AvgIpc) is 2.96. The van der Waals surface area contributed by atoms with Crippen LogP contribution in [-0.4, -0.2) is 53.3 Å². The van der Waals surface area contributed by atoms with Gasteiger partial charge in [-0.05, 0) is 61.1 Å². The molecule has 0 radical (unpaired) electrons. The van der Waals surface area contributed by atoms with E-state index in [2.05, 4.69) is 0 Å². The molecule has 0 spiro atoms. The maximum atomic E-state index is 14.0. The Labute approximate surface area is 199 Å². The van der Waals surface area contributed by atoms with Gasteiger partial charge in [-0.1, -0.05) is 26.0 Å². The minimum Gasteiger partial charge on any atom is -0.490 e. The van der Waals surface area contributed by atoms with Crippen molar-refractivity contribution in [3.8, 4) is 11.5 Å². The van der Waals surface area contributed by atoms with E-state index < -0.39 is 6.04 Å². The van der Waals surface area contributed by atoms with E-state index in [0.29, 0.717) is 49.5 Å². The smallest absolute Gasteiger partial charge is 0.262 e. The van der Waals surface area contributed by atoms with Crippen LogP contribution < -0.4 is 9.47 Å². The molecule has 3 aliphatic heterocycles. The molecule has 0 N–H and O–H groups in total. The summed E-state index contributed by atoms with van der Waals surface area (Å²) in [6.07, 6.45) is 1.93. The number of fused-ring (bicyclic) bond motifs is 3. The van der Waals surface area contributed by atoms with E-state index in [1.165, 1.54) is 4.90 Å². The van der Waals surface area contributed by atoms with Crippen molar-refractivity contribution in [3.05, 3.63) is 58.7 Å². The number of carbonyl (C=O) groups excluding carboxylic acids is 3. The van der Waals surface area contributed by atoms with Crippen molar-refractivity contribution in [2.45, 2.75) is 52.1 Å². The molecule has 2 aromatic rings. The van der Waals surface area contributed by atoms with Crippen molar-refractivity contribution in [3.63, 3.8) is 0 Å². The van der Waals surface area contributed by atoms with Crippen LogP contribution in [0, 0.1) is 5.92 Å². The number of amides is 3. The lowest BCUT2D eigenvalue weighted by Crippen LogP contribution is -2.53. The Morgan fingerprint density at radius 3 is 2.26 bits per heavy atom. The van der Waals surface area contributed by atoms with E-state index in [1.54, 1.807) is 24.3 Å². The van der Waals surface area contributed by atoms with Gasteiger partial charge in [0.25, 0.3) is 11.8 Å². The van der Waals surface area contributed by atoms with Crippen LogP contribution in [0.1, 0.15) is 71.5 Å². The predicted molar refractivity (Wildman–Crippen MR) is 126 cm³/mol. The zero-order valence-corrected chi connectivity index (χ0v) is 19.9. The van der Waals surface area contributed by atoms with E-state index in [0.717, 1.165) is 23.3 Å². The van der Waals surface area contributed by atoms with Crippen molar-refractivity contribution in [1.82, 2.24) is 9.80 Å². The molecule has 0 aromatic heterocycles. The first-order valence-electron chi connectivity index (χ1n) is 12.1. The fraction of sp³-hybridized carbons (Fsp3) is 0.444. The number of benzene rings is 2. The van der Waals surface area contributed by atoms with Gasteiger partial charge in [-0.2, -0.15) is 0 Å². The van der Waals surface area contributed by atoms with Gasteiger partial charge in [0.15, 0.2) is 11.5 Å². The molecule has 2 aromatic carbocycles. The lowest BCUT2D eigenvalue weighted by atomic mass is 9.91. The van der Waals surface area contributed by atoms with Gasteiger partial charge in [0, 0.05) is 13.0 Å². The van der Waals surface area contributed by atoms with Crippen LogP contribution in [0.3, 0.4) is 0 Å². The monoisotopic (exact) mass is 462 g/mol. The summed E-state index contributed by atoms with van der Waals surface area (Å²) in [6, 6.07) is 9.76. The number of carbonyl (C=O) groups is 3. The third-order valence-corrected chi connectivity index (χ3v) is 6.95. The largest absolute Gasteiger partial charge is 0.490 e. The molecule has 0 aliphatic carbocycles. The fourth-order valence-electron chi connectivity index (χ4n) is 5.22. The molecule has 3 heterocycles. The average molecular weight is 463 g/mol. The second-order valence-corrected chi connectivity index (χ2v) is 9.68. The zero-order chi connectivity index (χ0) is 24.0. The van der Waals surface area contributed by atoms with Crippen LogP contribution in [0.5, 0.6) is 11.5 Å². The van der Waals surface area contributed by atoms with Crippen LogP contribution in [0.2, 0.25) is 0 Å². The molecule has 7 heteroatoms. The molecule has 0 saturated carbocycles. The fourth-order valence-corrected chi connectivity index (χ4v) is 5.22. The number of ether oxygens (including phenoxy) is 2. The maximum absolute atomic E-state index is 14.0. The number of nitrogens with zero attached hydrogens (tertiary/aromatic N) is 2. The van der Waals surface area contributed by atoms with Gasteiger partial charge in [0.1, 0.15) is 6.04 Å². The Bertz CT molecular complexity index is 1120. The van der Waals surface area contributed by atoms with Crippen LogP contribution in [0.15, 0.2) is 36.4 Å². The first-order chi connectivity index (χ1) is 16.4. The molecule has 5 rings (SSSR count). The Morgan fingerprint density at radius 1 is 1.03 bits per heavy atom. The number of hydrogen-bond donors (Lipinski definition) is 0. The Hall–Kier alpha value is -3.35. The first-order valence-corrected chi connectivity index (χ1v) is 12.1. The van der Waals surface area contributed by atoms with Gasteiger partial charge in [0.05, 0.1) is 30.4 Å². The molecule has 2 atom stereocenters. The standard InChI is InChI=1S/C27H30N2O5/c1-16(2)13-22(29-25(30)19-7-4-5-8-20(19)26(29)31)27(32)28-10-9-18-14-23-24(15-21(18)17(28)3)34-12-6-11-33-23/h4-5,7-8,14-17,22H,6,9-13H2,1-3H3/t17?,22-/m1/s1. The van der Waals surface area contributed by atoms with Crippen LogP contribution >= 0.6 is 0 Å². The highest BCUT2D eigenvalue weighted by Crippen LogP contribution is 2.40. The van der Waals surface area contributed by atoms with Gasteiger partial charge in [0.2, 0.25) is 5.91 Å². The summed E-state index contributed by atoms with van der Waals surface area (Å²) in [7, 11) is 0. The highest BCUT2D eigenvalue weighted by atomic mass is 16.5. The number of imide groups is 1. The van der Waals surface area contributed by atoms with Crippen molar-refractivity contribution in [2.24, 2.45) is 5.92 Å².